The van der Waals surface area contributed by atoms with Crippen LogP contribution in [0.2, 0.25) is 0 Å². The van der Waals surface area contributed by atoms with Gasteiger partial charge >= 0.3 is 0 Å². The van der Waals surface area contributed by atoms with Crippen LogP contribution in [-0.4, -0.2) is 4.98 Å². The lowest BCUT2D eigenvalue weighted by molar-refractivity contribution is 0.846. The average molecular weight is 269 g/mol. The van der Waals surface area contributed by atoms with Crippen LogP contribution in [0, 0.1) is 0 Å². The van der Waals surface area contributed by atoms with Crippen molar-refractivity contribution in [1.82, 2.24) is 4.98 Å². The smallest absolute Gasteiger partial charge is 0.0820 e. The zero-order valence-electron chi connectivity index (χ0n) is 7.35. The number of aromatic nitrogens is 1. The SMILES string of the molecule is N[C@H](c1ccc(Br)cn1)c1cccs1. The quantitative estimate of drug-likeness (QED) is 0.910. The molecule has 0 saturated heterocycles. The first kappa shape index (κ1) is 9.83. The lowest BCUT2D eigenvalue weighted by Gasteiger charge is -2.08. The van der Waals surface area contributed by atoms with Gasteiger partial charge in [0.15, 0.2) is 0 Å². The molecule has 0 unspecified atom stereocenters. The van der Waals surface area contributed by atoms with Gasteiger partial charge in [-0.1, -0.05) is 6.07 Å². The summed E-state index contributed by atoms with van der Waals surface area (Å²) in [7, 11) is 0. The van der Waals surface area contributed by atoms with Gasteiger partial charge in [-0.3, -0.25) is 4.98 Å². The predicted molar refractivity (Wildman–Crippen MR) is 62.3 cm³/mol. The maximum atomic E-state index is 6.04. The van der Waals surface area contributed by atoms with Gasteiger partial charge < -0.3 is 5.73 Å². The Kier molecular flexibility index (Phi) is 2.96. The van der Waals surface area contributed by atoms with Gasteiger partial charge in [-0.05, 0) is 39.5 Å². The van der Waals surface area contributed by atoms with Crippen molar-refractivity contribution in [2.45, 2.75) is 6.04 Å². The molecule has 2 aromatic heterocycles. The summed E-state index contributed by atoms with van der Waals surface area (Å²) in [5.74, 6) is 0. The topological polar surface area (TPSA) is 38.9 Å². The minimum Gasteiger partial charge on any atom is -0.318 e. The summed E-state index contributed by atoms with van der Waals surface area (Å²) in [6.45, 7) is 0. The highest BCUT2D eigenvalue weighted by Crippen LogP contribution is 2.22. The fourth-order valence-corrected chi connectivity index (χ4v) is 2.16. The highest BCUT2D eigenvalue weighted by Gasteiger charge is 2.10. The number of hydrogen-bond donors (Lipinski definition) is 1. The van der Waals surface area contributed by atoms with Crippen molar-refractivity contribution in [3.63, 3.8) is 0 Å². The molecule has 0 amide bonds. The number of pyridine rings is 1. The van der Waals surface area contributed by atoms with Gasteiger partial charge in [0.25, 0.3) is 0 Å². The van der Waals surface area contributed by atoms with Gasteiger partial charge in [0, 0.05) is 15.5 Å². The number of rotatable bonds is 2. The van der Waals surface area contributed by atoms with Crippen molar-refractivity contribution in [1.29, 1.82) is 0 Å². The number of halogens is 1. The lowest BCUT2D eigenvalue weighted by atomic mass is 10.2. The van der Waals surface area contributed by atoms with Gasteiger partial charge in [-0.15, -0.1) is 11.3 Å². The fourth-order valence-electron chi connectivity index (χ4n) is 1.19. The predicted octanol–water partition coefficient (Wildman–Crippen LogP) is 2.95. The minimum atomic E-state index is -0.108. The van der Waals surface area contributed by atoms with Crippen molar-refractivity contribution < 1.29 is 0 Å². The van der Waals surface area contributed by atoms with Gasteiger partial charge in [-0.25, -0.2) is 0 Å². The van der Waals surface area contributed by atoms with Crippen LogP contribution in [0.3, 0.4) is 0 Å². The molecule has 0 fully saturated rings. The summed E-state index contributed by atoms with van der Waals surface area (Å²) in [6, 6.07) is 7.81. The molecule has 2 rings (SSSR count). The second kappa shape index (κ2) is 4.21. The normalized spacial score (nSPS) is 12.7. The minimum absolute atomic E-state index is 0.108. The van der Waals surface area contributed by atoms with E-state index in [2.05, 4.69) is 20.9 Å². The summed E-state index contributed by atoms with van der Waals surface area (Å²) >= 11 is 5.00. The van der Waals surface area contributed by atoms with E-state index in [1.807, 2.05) is 29.6 Å². The first-order valence-electron chi connectivity index (χ1n) is 4.18. The Morgan fingerprint density at radius 3 is 2.79 bits per heavy atom. The van der Waals surface area contributed by atoms with E-state index in [4.69, 9.17) is 5.73 Å². The second-order valence-electron chi connectivity index (χ2n) is 2.89. The number of thiophene rings is 1. The van der Waals surface area contributed by atoms with Gasteiger partial charge in [0.05, 0.1) is 11.7 Å². The van der Waals surface area contributed by atoms with Crippen LogP contribution in [-0.2, 0) is 0 Å². The molecule has 4 heteroatoms. The maximum Gasteiger partial charge on any atom is 0.0820 e. The Labute approximate surface area is 94.9 Å². The van der Waals surface area contributed by atoms with E-state index in [1.165, 1.54) is 0 Å². The molecule has 0 spiro atoms. The molecule has 1 atom stereocenters. The summed E-state index contributed by atoms with van der Waals surface area (Å²) in [5.41, 5.74) is 6.94. The Balaban J connectivity index is 2.28. The monoisotopic (exact) mass is 268 g/mol. The van der Waals surface area contributed by atoms with Crippen LogP contribution >= 0.6 is 27.3 Å². The zero-order valence-corrected chi connectivity index (χ0v) is 9.75. The van der Waals surface area contributed by atoms with Crippen molar-refractivity contribution >= 4 is 27.3 Å². The van der Waals surface area contributed by atoms with E-state index < -0.39 is 0 Å². The number of hydrogen-bond acceptors (Lipinski definition) is 3. The molecular weight excluding hydrogens is 260 g/mol. The Morgan fingerprint density at radius 1 is 1.36 bits per heavy atom. The lowest BCUT2D eigenvalue weighted by Crippen LogP contribution is -2.11. The highest BCUT2D eigenvalue weighted by atomic mass is 79.9. The van der Waals surface area contributed by atoms with Crippen LogP contribution in [0.25, 0.3) is 0 Å². The molecule has 0 aliphatic rings. The molecule has 2 heterocycles. The molecule has 0 aliphatic carbocycles. The van der Waals surface area contributed by atoms with E-state index >= 15 is 0 Å². The highest BCUT2D eigenvalue weighted by molar-refractivity contribution is 9.10. The van der Waals surface area contributed by atoms with Crippen molar-refractivity contribution in [3.8, 4) is 0 Å². The van der Waals surface area contributed by atoms with E-state index in [-0.39, 0.29) is 6.04 Å². The van der Waals surface area contributed by atoms with E-state index in [0.29, 0.717) is 0 Å². The maximum absolute atomic E-state index is 6.04. The van der Waals surface area contributed by atoms with Crippen LogP contribution in [0.15, 0.2) is 40.3 Å². The van der Waals surface area contributed by atoms with E-state index in [1.54, 1.807) is 17.5 Å². The molecule has 0 aliphatic heterocycles. The third-order valence-corrected chi connectivity index (χ3v) is 3.34. The standard InChI is InChI=1S/C10H9BrN2S/c11-7-3-4-8(13-6-7)10(12)9-2-1-5-14-9/h1-6,10H,12H2/t10-/m1/s1. The summed E-state index contributed by atoms with van der Waals surface area (Å²) in [5, 5.41) is 2.02. The number of nitrogens with two attached hydrogens (primary N) is 1. The number of nitrogens with zero attached hydrogens (tertiary/aromatic N) is 1. The largest absolute Gasteiger partial charge is 0.318 e. The fraction of sp³-hybridized carbons (Fsp3) is 0.100. The molecule has 0 aromatic carbocycles. The molecule has 0 saturated carbocycles. The summed E-state index contributed by atoms with van der Waals surface area (Å²) in [6.07, 6.45) is 1.77. The molecule has 2 nitrogen and oxygen atoms in total. The van der Waals surface area contributed by atoms with Gasteiger partial charge in [0.2, 0.25) is 0 Å². The average Bonchev–Trinajstić information content (AvgIpc) is 2.71. The Morgan fingerprint density at radius 2 is 2.21 bits per heavy atom. The Bertz CT molecular complexity index is 397. The van der Waals surface area contributed by atoms with Crippen molar-refractivity contribution in [3.05, 3.63) is 50.9 Å². The van der Waals surface area contributed by atoms with Crippen molar-refractivity contribution in [2.24, 2.45) is 5.73 Å². The molecule has 2 aromatic rings. The third kappa shape index (κ3) is 2.03. The third-order valence-electron chi connectivity index (χ3n) is 1.92. The molecule has 72 valence electrons. The van der Waals surface area contributed by atoms with Crippen molar-refractivity contribution in [2.75, 3.05) is 0 Å². The van der Waals surface area contributed by atoms with Crippen LogP contribution in [0.1, 0.15) is 16.6 Å². The van der Waals surface area contributed by atoms with E-state index in [9.17, 15) is 0 Å². The summed E-state index contributed by atoms with van der Waals surface area (Å²) in [4.78, 5) is 5.41. The Hall–Kier alpha value is -0.710. The molecule has 2 N–H and O–H groups in total. The van der Waals surface area contributed by atoms with Crippen LogP contribution < -0.4 is 5.73 Å². The first-order valence-corrected chi connectivity index (χ1v) is 5.85. The van der Waals surface area contributed by atoms with Gasteiger partial charge in [0.1, 0.15) is 0 Å². The van der Waals surface area contributed by atoms with E-state index in [0.717, 1.165) is 15.0 Å². The molecule has 0 bridgehead atoms. The zero-order chi connectivity index (χ0) is 9.97. The molecular formula is C10H9BrN2S. The van der Waals surface area contributed by atoms with Crippen LogP contribution in [0.5, 0.6) is 0 Å². The molecule has 0 radical (unpaired) electrons. The first-order chi connectivity index (χ1) is 6.77. The molecule has 14 heavy (non-hydrogen) atoms. The summed E-state index contributed by atoms with van der Waals surface area (Å²) < 4.78 is 0.972. The van der Waals surface area contributed by atoms with Crippen LogP contribution in [0.4, 0.5) is 0 Å². The second-order valence-corrected chi connectivity index (χ2v) is 4.79. The van der Waals surface area contributed by atoms with Gasteiger partial charge in [-0.2, -0.15) is 0 Å².